The van der Waals surface area contributed by atoms with Gasteiger partial charge in [0.05, 0.1) is 5.69 Å². The maximum atomic E-state index is 10.5. The highest BCUT2D eigenvalue weighted by molar-refractivity contribution is 5.69. The molecule has 0 unspecified atom stereocenters. The van der Waals surface area contributed by atoms with Crippen LogP contribution in [0.4, 0.5) is 0 Å². The third-order valence-corrected chi connectivity index (χ3v) is 2.58. The van der Waals surface area contributed by atoms with E-state index < -0.39 is 0 Å². The van der Waals surface area contributed by atoms with Crippen LogP contribution in [0.25, 0.3) is 0 Å². The minimum absolute atomic E-state index is 0.493. The molecular formula is C10H14N2O. The lowest BCUT2D eigenvalue weighted by atomic mass is 10.0. The van der Waals surface area contributed by atoms with Crippen molar-refractivity contribution >= 4 is 6.29 Å². The molecule has 1 aliphatic carbocycles. The molecule has 1 aromatic heterocycles. The fourth-order valence-electron chi connectivity index (χ4n) is 1.88. The number of H-pyrrole nitrogens is 1. The number of imidazole rings is 1. The summed E-state index contributed by atoms with van der Waals surface area (Å²) in [6.45, 7) is 0. The van der Waals surface area contributed by atoms with Gasteiger partial charge in [0.25, 0.3) is 0 Å². The third-order valence-electron chi connectivity index (χ3n) is 2.58. The fourth-order valence-corrected chi connectivity index (χ4v) is 1.88. The van der Waals surface area contributed by atoms with Crippen LogP contribution in [0.1, 0.15) is 47.7 Å². The molecule has 1 aliphatic rings. The average Bonchev–Trinajstić information content (AvgIpc) is 2.47. The molecule has 0 aromatic carbocycles. The molecule has 1 heterocycles. The van der Waals surface area contributed by atoms with Crippen molar-refractivity contribution in [1.82, 2.24) is 9.97 Å². The van der Waals surface area contributed by atoms with Crippen LogP contribution in [-0.4, -0.2) is 16.3 Å². The lowest BCUT2D eigenvalue weighted by Crippen LogP contribution is -1.98. The summed E-state index contributed by atoms with van der Waals surface area (Å²) >= 11 is 0. The van der Waals surface area contributed by atoms with E-state index in [2.05, 4.69) is 9.97 Å². The Bertz CT molecular complexity index is 278. The molecule has 0 radical (unpaired) electrons. The molecule has 0 saturated carbocycles. The van der Waals surface area contributed by atoms with E-state index in [-0.39, 0.29) is 0 Å². The number of nitrogens with one attached hydrogen (secondary N) is 1. The number of hydrogen-bond acceptors (Lipinski definition) is 2. The molecule has 0 bridgehead atoms. The first-order valence-corrected chi connectivity index (χ1v) is 4.93. The molecule has 1 aromatic rings. The Hall–Kier alpha value is -1.12. The summed E-state index contributed by atoms with van der Waals surface area (Å²) in [4.78, 5) is 17.8. The molecule has 0 fully saturated rings. The second-order valence-corrected chi connectivity index (χ2v) is 3.58. The van der Waals surface area contributed by atoms with E-state index in [1.54, 1.807) is 0 Å². The molecule has 70 valence electrons. The van der Waals surface area contributed by atoms with Gasteiger partial charge in [0.15, 0.2) is 12.1 Å². The van der Waals surface area contributed by atoms with E-state index in [0.717, 1.165) is 24.8 Å². The Balaban J connectivity index is 2.25. The standard InChI is InChI=1S/C10H14N2O/c13-7-10-11-8-5-3-1-2-4-6-9(8)12-10/h7H,1-6H2,(H,11,12). The highest BCUT2D eigenvalue weighted by atomic mass is 16.1. The van der Waals surface area contributed by atoms with Crippen LogP contribution in [0.15, 0.2) is 0 Å². The number of hydrogen-bond donors (Lipinski definition) is 1. The predicted molar refractivity (Wildman–Crippen MR) is 49.9 cm³/mol. The smallest absolute Gasteiger partial charge is 0.185 e. The zero-order chi connectivity index (χ0) is 9.10. The summed E-state index contributed by atoms with van der Waals surface area (Å²) < 4.78 is 0. The van der Waals surface area contributed by atoms with Crippen molar-refractivity contribution in [2.75, 3.05) is 0 Å². The average molecular weight is 178 g/mol. The number of carbonyl (C=O) groups is 1. The monoisotopic (exact) mass is 178 g/mol. The van der Waals surface area contributed by atoms with Gasteiger partial charge in [-0.3, -0.25) is 4.79 Å². The van der Waals surface area contributed by atoms with Crippen molar-refractivity contribution in [3.8, 4) is 0 Å². The van der Waals surface area contributed by atoms with Gasteiger partial charge >= 0.3 is 0 Å². The Morgan fingerprint density at radius 3 is 2.69 bits per heavy atom. The first-order valence-electron chi connectivity index (χ1n) is 4.93. The lowest BCUT2D eigenvalue weighted by molar-refractivity contribution is 0.111. The summed E-state index contributed by atoms with van der Waals surface area (Å²) in [5.41, 5.74) is 2.30. The molecule has 0 atom stereocenters. The summed E-state index contributed by atoms with van der Waals surface area (Å²) in [5.74, 6) is 0.493. The normalized spacial score (nSPS) is 17.2. The minimum atomic E-state index is 0.493. The highest BCUT2D eigenvalue weighted by Crippen LogP contribution is 2.17. The van der Waals surface area contributed by atoms with Crippen LogP contribution in [0, 0.1) is 0 Å². The van der Waals surface area contributed by atoms with E-state index in [4.69, 9.17) is 0 Å². The summed E-state index contributed by atoms with van der Waals surface area (Å²) in [7, 11) is 0. The maximum absolute atomic E-state index is 10.5. The summed E-state index contributed by atoms with van der Waals surface area (Å²) in [6.07, 6.45) is 7.89. The highest BCUT2D eigenvalue weighted by Gasteiger charge is 2.11. The molecular weight excluding hydrogens is 164 g/mol. The number of fused-ring (bicyclic) bond motifs is 1. The molecule has 3 heteroatoms. The molecule has 0 amide bonds. The Kier molecular flexibility index (Phi) is 2.43. The zero-order valence-corrected chi connectivity index (χ0v) is 7.68. The summed E-state index contributed by atoms with van der Waals surface area (Å²) in [6, 6.07) is 0. The van der Waals surface area contributed by atoms with Crippen LogP contribution >= 0.6 is 0 Å². The van der Waals surface area contributed by atoms with Gasteiger partial charge in [-0.05, 0) is 25.7 Å². The molecule has 3 nitrogen and oxygen atoms in total. The van der Waals surface area contributed by atoms with E-state index in [1.165, 1.54) is 31.4 Å². The molecule has 0 saturated heterocycles. The van der Waals surface area contributed by atoms with E-state index in [9.17, 15) is 4.79 Å². The molecule has 13 heavy (non-hydrogen) atoms. The number of aldehydes is 1. The van der Waals surface area contributed by atoms with Crippen LogP contribution in [0.5, 0.6) is 0 Å². The fraction of sp³-hybridized carbons (Fsp3) is 0.600. The number of nitrogens with zero attached hydrogens (tertiary/aromatic N) is 1. The second-order valence-electron chi connectivity index (χ2n) is 3.58. The number of aromatic amines is 1. The number of aromatic nitrogens is 2. The van der Waals surface area contributed by atoms with Crippen molar-refractivity contribution in [2.45, 2.75) is 38.5 Å². The van der Waals surface area contributed by atoms with Crippen molar-refractivity contribution in [3.05, 3.63) is 17.2 Å². The predicted octanol–water partition coefficient (Wildman–Crippen LogP) is 1.88. The third kappa shape index (κ3) is 1.79. The molecule has 0 spiro atoms. The number of carbonyl (C=O) groups excluding carboxylic acids is 1. The Morgan fingerprint density at radius 2 is 1.92 bits per heavy atom. The van der Waals surface area contributed by atoms with Crippen LogP contribution in [0.3, 0.4) is 0 Å². The summed E-state index contributed by atoms with van der Waals surface area (Å²) in [5, 5.41) is 0. The molecule has 1 N–H and O–H groups in total. The van der Waals surface area contributed by atoms with Gasteiger partial charge in [-0.2, -0.15) is 0 Å². The SMILES string of the molecule is O=Cc1nc2c([nH]1)CCCCCC2. The van der Waals surface area contributed by atoms with Crippen LogP contribution in [0.2, 0.25) is 0 Å². The minimum Gasteiger partial charge on any atom is -0.339 e. The Labute approximate surface area is 77.6 Å². The zero-order valence-electron chi connectivity index (χ0n) is 7.68. The Morgan fingerprint density at radius 1 is 1.15 bits per heavy atom. The largest absolute Gasteiger partial charge is 0.339 e. The van der Waals surface area contributed by atoms with E-state index >= 15 is 0 Å². The quantitative estimate of drug-likeness (QED) is 0.667. The molecule has 2 rings (SSSR count). The van der Waals surface area contributed by atoms with Gasteiger partial charge in [0.2, 0.25) is 0 Å². The topological polar surface area (TPSA) is 45.8 Å². The van der Waals surface area contributed by atoms with Crippen molar-refractivity contribution in [3.63, 3.8) is 0 Å². The van der Waals surface area contributed by atoms with E-state index in [1.807, 2.05) is 0 Å². The maximum Gasteiger partial charge on any atom is 0.185 e. The van der Waals surface area contributed by atoms with Crippen LogP contribution in [-0.2, 0) is 12.8 Å². The van der Waals surface area contributed by atoms with E-state index in [0.29, 0.717) is 5.82 Å². The van der Waals surface area contributed by atoms with Gasteiger partial charge in [-0.15, -0.1) is 0 Å². The lowest BCUT2D eigenvalue weighted by Gasteiger charge is -2.06. The first-order chi connectivity index (χ1) is 6.40. The van der Waals surface area contributed by atoms with Crippen LogP contribution < -0.4 is 0 Å². The number of aryl methyl sites for hydroxylation is 2. The van der Waals surface area contributed by atoms with Gasteiger partial charge in [0, 0.05) is 5.69 Å². The van der Waals surface area contributed by atoms with Gasteiger partial charge < -0.3 is 4.98 Å². The molecule has 0 aliphatic heterocycles. The number of rotatable bonds is 1. The van der Waals surface area contributed by atoms with Crippen molar-refractivity contribution in [1.29, 1.82) is 0 Å². The first kappa shape index (κ1) is 8.48. The van der Waals surface area contributed by atoms with Gasteiger partial charge in [-0.1, -0.05) is 12.8 Å². The van der Waals surface area contributed by atoms with Crippen molar-refractivity contribution in [2.24, 2.45) is 0 Å². The van der Waals surface area contributed by atoms with Gasteiger partial charge in [-0.25, -0.2) is 4.98 Å². The van der Waals surface area contributed by atoms with Gasteiger partial charge in [0.1, 0.15) is 0 Å². The second kappa shape index (κ2) is 3.73. The van der Waals surface area contributed by atoms with Crippen molar-refractivity contribution < 1.29 is 4.79 Å².